The standard InChI is InChI=1S/C25H26BrNO3/c1-2-3-15-30-24-13-12-20(26)17-23(24)25(28)27-21-10-7-11-22(18-21)29-16-14-19-8-5-4-6-9-19/h4-13,17-18H,2-3,14-16H2,1H3,(H,27,28). The molecule has 0 heterocycles. The van der Waals surface area contributed by atoms with Gasteiger partial charge in [-0.25, -0.2) is 0 Å². The van der Waals surface area contributed by atoms with E-state index in [0.29, 0.717) is 30.2 Å². The minimum atomic E-state index is -0.218. The molecule has 0 fully saturated rings. The second-order valence-electron chi connectivity index (χ2n) is 6.91. The predicted molar refractivity (Wildman–Crippen MR) is 125 cm³/mol. The molecule has 3 aromatic rings. The predicted octanol–water partition coefficient (Wildman–Crippen LogP) is 6.50. The quantitative estimate of drug-likeness (QED) is 0.346. The van der Waals surface area contributed by atoms with Crippen LogP contribution in [0.2, 0.25) is 0 Å². The van der Waals surface area contributed by atoms with Crippen molar-refractivity contribution in [2.24, 2.45) is 0 Å². The van der Waals surface area contributed by atoms with Crippen molar-refractivity contribution in [1.29, 1.82) is 0 Å². The zero-order valence-electron chi connectivity index (χ0n) is 17.1. The highest BCUT2D eigenvalue weighted by Crippen LogP contribution is 2.25. The maximum absolute atomic E-state index is 12.9. The summed E-state index contributed by atoms with van der Waals surface area (Å²) in [7, 11) is 0. The second kappa shape index (κ2) is 11.4. The number of unbranched alkanes of at least 4 members (excludes halogenated alkanes) is 1. The highest BCUT2D eigenvalue weighted by atomic mass is 79.9. The van der Waals surface area contributed by atoms with E-state index in [1.54, 1.807) is 6.07 Å². The fourth-order valence-electron chi connectivity index (χ4n) is 2.93. The molecule has 5 heteroatoms. The minimum Gasteiger partial charge on any atom is -0.493 e. The third kappa shape index (κ3) is 6.63. The summed E-state index contributed by atoms with van der Waals surface area (Å²) in [6.07, 6.45) is 2.81. The first kappa shape index (κ1) is 21.9. The molecule has 3 aromatic carbocycles. The Labute approximate surface area is 186 Å². The molecule has 0 aliphatic heterocycles. The molecule has 0 atom stereocenters. The van der Waals surface area contributed by atoms with E-state index in [-0.39, 0.29) is 5.91 Å². The molecule has 0 saturated carbocycles. The average Bonchev–Trinajstić information content (AvgIpc) is 2.76. The molecular formula is C25H26BrNO3. The molecule has 0 spiro atoms. The van der Waals surface area contributed by atoms with Gasteiger partial charge in [-0.15, -0.1) is 0 Å². The van der Waals surface area contributed by atoms with E-state index >= 15 is 0 Å². The van der Waals surface area contributed by atoms with Crippen molar-refractivity contribution in [3.63, 3.8) is 0 Å². The Morgan fingerprint density at radius 1 is 0.933 bits per heavy atom. The summed E-state index contributed by atoms with van der Waals surface area (Å²) >= 11 is 3.44. The Morgan fingerprint density at radius 3 is 2.57 bits per heavy atom. The van der Waals surface area contributed by atoms with Crippen molar-refractivity contribution in [3.8, 4) is 11.5 Å². The van der Waals surface area contributed by atoms with Gasteiger partial charge in [0.05, 0.1) is 18.8 Å². The number of hydrogen-bond acceptors (Lipinski definition) is 3. The largest absolute Gasteiger partial charge is 0.493 e. The topological polar surface area (TPSA) is 47.6 Å². The van der Waals surface area contributed by atoms with E-state index in [4.69, 9.17) is 9.47 Å². The number of benzene rings is 3. The second-order valence-corrected chi connectivity index (χ2v) is 7.82. The van der Waals surface area contributed by atoms with Gasteiger partial charge in [0.2, 0.25) is 0 Å². The maximum Gasteiger partial charge on any atom is 0.259 e. The number of amides is 1. The maximum atomic E-state index is 12.9. The smallest absolute Gasteiger partial charge is 0.259 e. The number of anilines is 1. The van der Waals surface area contributed by atoms with Crippen LogP contribution in [0, 0.1) is 0 Å². The third-order valence-electron chi connectivity index (χ3n) is 4.54. The zero-order valence-corrected chi connectivity index (χ0v) is 18.7. The molecule has 0 aliphatic rings. The lowest BCUT2D eigenvalue weighted by Gasteiger charge is -2.13. The van der Waals surface area contributed by atoms with Crippen LogP contribution >= 0.6 is 15.9 Å². The highest BCUT2D eigenvalue weighted by molar-refractivity contribution is 9.10. The van der Waals surface area contributed by atoms with Gasteiger partial charge in [-0.05, 0) is 42.3 Å². The molecule has 0 aromatic heterocycles. The number of hydrogen-bond donors (Lipinski definition) is 1. The van der Waals surface area contributed by atoms with Gasteiger partial charge in [0.15, 0.2) is 0 Å². The van der Waals surface area contributed by atoms with Gasteiger partial charge in [0.25, 0.3) is 5.91 Å². The normalized spacial score (nSPS) is 10.5. The first-order valence-corrected chi connectivity index (χ1v) is 11.0. The fraction of sp³-hybridized carbons (Fsp3) is 0.240. The van der Waals surface area contributed by atoms with Gasteiger partial charge >= 0.3 is 0 Å². The Kier molecular flexibility index (Phi) is 8.33. The van der Waals surface area contributed by atoms with Crippen molar-refractivity contribution in [2.75, 3.05) is 18.5 Å². The first-order chi connectivity index (χ1) is 14.7. The lowest BCUT2D eigenvalue weighted by molar-refractivity contribution is 0.102. The van der Waals surface area contributed by atoms with Gasteiger partial charge in [-0.1, -0.05) is 65.7 Å². The van der Waals surface area contributed by atoms with Crippen LogP contribution in [-0.4, -0.2) is 19.1 Å². The molecule has 30 heavy (non-hydrogen) atoms. The van der Waals surface area contributed by atoms with E-state index in [0.717, 1.165) is 29.5 Å². The van der Waals surface area contributed by atoms with E-state index in [2.05, 4.69) is 40.3 Å². The molecule has 0 radical (unpaired) electrons. The molecule has 4 nitrogen and oxygen atoms in total. The Bertz CT molecular complexity index is 960. The van der Waals surface area contributed by atoms with Gasteiger partial charge in [0.1, 0.15) is 11.5 Å². The van der Waals surface area contributed by atoms with Crippen LogP contribution in [0.4, 0.5) is 5.69 Å². The number of halogens is 1. The summed E-state index contributed by atoms with van der Waals surface area (Å²) in [5.41, 5.74) is 2.40. The molecule has 156 valence electrons. The Hall–Kier alpha value is -2.79. The van der Waals surface area contributed by atoms with Crippen molar-refractivity contribution in [2.45, 2.75) is 26.2 Å². The molecule has 0 aliphatic carbocycles. The molecule has 0 unspecified atom stereocenters. The monoisotopic (exact) mass is 467 g/mol. The molecule has 1 N–H and O–H groups in total. The number of carbonyl (C=O) groups excluding carboxylic acids is 1. The number of carbonyl (C=O) groups is 1. The molecule has 0 bridgehead atoms. The van der Waals surface area contributed by atoms with Crippen LogP contribution in [0.25, 0.3) is 0 Å². The van der Waals surface area contributed by atoms with Crippen molar-refractivity contribution in [1.82, 2.24) is 0 Å². The zero-order chi connectivity index (χ0) is 21.2. The van der Waals surface area contributed by atoms with Crippen LogP contribution < -0.4 is 14.8 Å². The average molecular weight is 468 g/mol. The van der Waals surface area contributed by atoms with E-state index in [1.165, 1.54) is 5.56 Å². The molecule has 3 rings (SSSR count). The lowest BCUT2D eigenvalue weighted by atomic mass is 10.1. The van der Waals surface area contributed by atoms with Gasteiger partial charge in [-0.2, -0.15) is 0 Å². The summed E-state index contributed by atoms with van der Waals surface area (Å²) in [6.45, 7) is 3.26. The number of nitrogens with one attached hydrogen (secondary N) is 1. The molecule has 1 amide bonds. The Morgan fingerprint density at radius 2 is 1.77 bits per heavy atom. The van der Waals surface area contributed by atoms with Crippen LogP contribution in [0.1, 0.15) is 35.7 Å². The summed E-state index contributed by atoms with van der Waals surface area (Å²) in [4.78, 5) is 12.9. The van der Waals surface area contributed by atoms with E-state index in [9.17, 15) is 4.79 Å². The first-order valence-electron chi connectivity index (χ1n) is 10.2. The Balaban J connectivity index is 1.62. The van der Waals surface area contributed by atoms with Gasteiger partial charge in [-0.3, -0.25) is 4.79 Å². The van der Waals surface area contributed by atoms with Gasteiger partial charge in [0, 0.05) is 22.6 Å². The summed E-state index contributed by atoms with van der Waals surface area (Å²) < 4.78 is 12.5. The summed E-state index contributed by atoms with van der Waals surface area (Å²) in [6, 6.07) is 23.1. The molecule has 0 saturated heterocycles. The highest BCUT2D eigenvalue weighted by Gasteiger charge is 2.14. The van der Waals surface area contributed by atoms with E-state index < -0.39 is 0 Å². The summed E-state index contributed by atoms with van der Waals surface area (Å²) in [5, 5.41) is 2.94. The van der Waals surface area contributed by atoms with E-state index in [1.807, 2.05) is 54.6 Å². The third-order valence-corrected chi connectivity index (χ3v) is 5.03. The van der Waals surface area contributed by atoms with Crippen LogP contribution in [0.5, 0.6) is 11.5 Å². The number of rotatable bonds is 10. The summed E-state index contributed by atoms with van der Waals surface area (Å²) in [5.74, 6) is 1.08. The van der Waals surface area contributed by atoms with Crippen molar-refractivity contribution < 1.29 is 14.3 Å². The minimum absolute atomic E-state index is 0.218. The van der Waals surface area contributed by atoms with Crippen LogP contribution in [-0.2, 0) is 6.42 Å². The SMILES string of the molecule is CCCCOc1ccc(Br)cc1C(=O)Nc1cccc(OCCc2ccccc2)c1. The van der Waals surface area contributed by atoms with Crippen molar-refractivity contribution in [3.05, 3.63) is 88.4 Å². The lowest BCUT2D eigenvalue weighted by Crippen LogP contribution is -2.14. The fourth-order valence-corrected chi connectivity index (χ4v) is 3.29. The number of ether oxygens (including phenoxy) is 2. The van der Waals surface area contributed by atoms with Crippen LogP contribution in [0.3, 0.4) is 0 Å². The molecular weight excluding hydrogens is 442 g/mol. The van der Waals surface area contributed by atoms with Gasteiger partial charge < -0.3 is 14.8 Å². The van der Waals surface area contributed by atoms with Crippen LogP contribution in [0.15, 0.2) is 77.3 Å². The van der Waals surface area contributed by atoms with Crippen molar-refractivity contribution >= 4 is 27.5 Å².